The van der Waals surface area contributed by atoms with Crippen molar-refractivity contribution in [2.75, 3.05) is 0 Å². The Hall–Kier alpha value is 0.160. The molecule has 0 aliphatic heterocycles. The predicted molar refractivity (Wildman–Crippen MR) is 89.9 cm³/mol. The molecule has 1 aromatic rings. The Bertz CT molecular complexity index is 428. The van der Waals surface area contributed by atoms with E-state index in [1.165, 1.54) is 28.4 Å². The molecule has 1 aromatic carbocycles. The topological polar surface area (TPSA) is 38.0 Å². The van der Waals surface area contributed by atoms with E-state index >= 15 is 0 Å². The molecule has 2 nitrogen and oxygen atoms in total. The summed E-state index contributed by atoms with van der Waals surface area (Å²) in [4.78, 5) is 0. The van der Waals surface area contributed by atoms with E-state index in [0.717, 1.165) is 16.9 Å². The molecular formula is C15H22ClIN2. The molecule has 0 spiro atoms. The standard InChI is InChI=1S/C15H22ClIN2/c1-9-5-10(2)7-11(6-9)15(19-18)13-8-12(16)3-4-14(13)17/h3-4,8-11,15,19H,5-7,18H2,1-2H3. The molecule has 1 aliphatic rings. The molecule has 1 saturated carbocycles. The van der Waals surface area contributed by atoms with Crippen LogP contribution in [0.1, 0.15) is 44.7 Å². The summed E-state index contributed by atoms with van der Waals surface area (Å²) in [5.74, 6) is 8.00. The number of hydrazine groups is 1. The average molecular weight is 393 g/mol. The van der Waals surface area contributed by atoms with Crippen LogP contribution in [0.25, 0.3) is 0 Å². The van der Waals surface area contributed by atoms with Crippen molar-refractivity contribution in [1.29, 1.82) is 0 Å². The molecular weight excluding hydrogens is 371 g/mol. The monoisotopic (exact) mass is 392 g/mol. The molecule has 1 aliphatic carbocycles. The molecule has 106 valence electrons. The molecule has 0 radical (unpaired) electrons. The van der Waals surface area contributed by atoms with Crippen molar-refractivity contribution < 1.29 is 0 Å². The second kappa shape index (κ2) is 6.74. The quantitative estimate of drug-likeness (QED) is 0.451. The highest BCUT2D eigenvalue weighted by Crippen LogP contribution is 2.40. The van der Waals surface area contributed by atoms with Gasteiger partial charge in [0.1, 0.15) is 0 Å². The second-order valence-corrected chi connectivity index (χ2v) is 7.59. The van der Waals surface area contributed by atoms with Crippen LogP contribution in [-0.4, -0.2) is 0 Å². The Labute approximate surface area is 134 Å². The van der Waals surface area contributed by atoms with Crippen LogP contribution in [-0.2, 0) is 0 Å². The molecule has 3 atom stereocenters. The van der Waals surface area contributed by atoms with Gasteiger partial charge in [-0.2, -0.15) is 0 Å². The third-order valence-corrected chi connectivity index (χ3v) is 5.38. The van der Waals surface area contributed by atoms with Crippen molar-refractivity contribution in [2.45, 2.75) is 39.2 Å². The van der Waals surface area contributed by atoms with Gasteiger partial charge in [0, 0.05) is 14.6 Å². The molecule has 0 bridgehead atoms. The van der Waals surface area contributed by atoms with E-state index in [1.54, 1.807) is 0 Å². The highest BCUT2D eigenvalue weighted by atomic mass is 127. The summed E-state index contributed by atoms with van der Waals surface area (Å²) in [5, 5.41) is 0.785. The number of nitrogens with one attached hydrogen (secondary N) is 1. The van der Waals surface area contributed by atoms with Crippen LogP contribution in [0.15, 0.2) is 18.2 Å². The first-order valence-corrected chi connectivity index (χ1v) is 8.38. The Balaban J connectivity index is 2.26. The molecule has 0 saturated heterocycles. The Morgan fingerprint density at radius 2 is 1.89 bits per heavy atom. The minimum absolute atomic E-state index is 0.204. The van der Waals surface area contributed by atoms with Crippen LogP contribution in [0, 0.1) is 21.3 Å². The van der Waals surface area contributed by atoms with Crippen LogP contribution < -0.4 is 11.3 Å². The molecule has 19 heavy (non-hydrogen) atoms. The Kier molecular flexibility index (Phi) is 5.52. The third kappa shape index (κ3) is 3.84. The van der Waals surface area contributed by atoms with Gasteiger partial charge in [0.25, 0.3) is 0 Å². The Morgan fingerprint density at radius 1 is 1.26 bits per heavy atom. The summed E-state index contributed by atoms with van der Waals surface area (Å²) in [6, 6.07) is 6.26. The largest absolute Gasteiger partial charge is 0.271 e. The van der Waals surface area contributed by atoms with Crippen molar-refractivity contribution in [3.8, 4) is 0 Å². The zero-order valence-corrected chi connectivity index (χ0v) is 14.4. The van der Waals surface area contributed by atoms with Crippen molar-refractivity contribution in [1.82, 2.24) is 5.43 Å². The van der Waals surface area contributed by atoms with Gasteiger partial charge in [-0.25, -0.2) is 0 Å². The van der Waals surface area contributed by atoms with Gasteiger partial charge in [-0.15, -0.1) is 0 Å². The lowest BCUT2D eigenvalue weighted by Gasteiger charge is -2.36. The number of halogens is 2. The lowest BCUT2D eigenvalue weighted by atomic mass is 9.72. The summed E-state index contributed by atoms with van der Waals surface area (Å²) in [6.07, 6.45) is 3.81. The number of benzene rings is 1. The highest BCUT2D eigenvalue weighted by Gasteiger charge is 2.31. The number of rotatable bonds is 3. The van der Waals surface area contributed by atoms with Crippen molar-refractivity contribution in [3.63, 3.8) is 0 Å². The van der Waals surface area contributed by atoms with Gasteiger partial charge < -0.3 is 0 Å². The third-order valence-electron chi connectivity index (χ3n) is 4.16. The van der Waals surface area contributed by atoms with E-state index in [1.807, 2.05) is 6.07 Å². The van der Waals surface area contributed by atoms with Crippen molar-refractivity contribution in [2.24, 2.45) is 23.6 Å². The van der Waals surface area contributed by atoms with Crippen LogP contribution in [0.5, 0.6) is 0 Å². The van der Waals surface area contributed by atoms with Crippen molar-refractivity contribution in [3.05, 3.63) is 32.4 Å². The maximum atomic E-state index is 6.14. The minimum atomic E-state index is 0.204. The van der Waals surface area contributed by atoms with Crippen molar-refractivity contribution >= 4 is 34.2 Å². The number of hydrogen-bond donors (Lipinski definition) is 2. The van der Waals surface area contributed by atoms with E-state index in [-0.39, 0.29) is 6.04 Å². The lowest BCUT2D eigenvalue weighted by molar-refractivity contribution is 0.176. The maximum Gasteiger partial charge on any atom is 0.0499 e. The normalized spacial score (nSPS) is 29.2. The molecule has 4 heteroatoms. The maximum absolute atomic E-state index is 6.14. The SMILES string of the molecule is CC1CC(C)CC(C(NN)c2cc(Cl)ccc2I)C1. The first kappa shape index (κ1) is 15.5. The van der Waals surface area contributed by atoms with Crippen LogP contribution in [0.4, 0.5) is 0 Å². The summed E-state index contributed by atoms with van der Waals surface area (Å²) in [7, 11) is 0. The van der Waals surface area contributed by atoms with E-state index < -0.39 is 0 Å². The van der Waals surface area contributed by atoms with Gasteiger partial charge in [-0.3, -0.25) is 11.3 Å². The van der Waals surface area contributed by atoms with Crippen LogP contribution in [0.2, 0.25) is 5.02 Å². The van der Waals surface area contributed by atoms with E-state index in [2.05, 4.69) is 54.0 Å². The van der Waals surface area contributed by atoms with E-state index in [0.29, 0.717) is 5.92 Å². The molecule has 3 unspecified atom stereocenters. The molecule has 1 fully saturated rings. The molecule has 2 rings (SSSR count). The number of nitrogens with two attached hydrogens (primary N) is 1. The molecule has 0 aromatic heterocycles. The van der Waals surface area contributed by atoms with E-state index in [4.69, 9.17) is 17.4 Å². The van der Waals surface area contributed by atoms with Crippen LogP contribution in [0.3, 0.4) is 0 Å². The van der Waals surface area contributed by atoms with E-state index in [9.17, 15) is 0 Å². The van der Waals surface area contributed by atoms with Gasteiger partial charge in [-0.1, -0.05) is 25.4 Å². The van der Waals surface area contributed by atoms with Gasteiger partial charge in [0.2, 0.25) is 0 Å². The fraction of sp³-hybridized carbons (Fsp3) is 0.600. The molecule has 0 heterocycles. The first-order valence-electron chi connectivity index (χ1n) is 6.92. The summed E-state index contributed by atoms with van der Waals surface area (Å²) in [5.41, 5.74) is 4.27. The summed E-state index contributed by atoms with van der Waals surface area (Å²) >= 11 is 8.51. The number of hydrogen-bond acceptors (Lipinski definition) is 2. The minimum Gasteiger partial charge on any atom is -0.271 e. The first-order chi connectivity index (χ1) is 9.01. The van der Waals surface area contributed by atoms with Gasteiger partial charge in [0.05, 0.1) is 0 Å². The second-order valence-electron chi connectivity index (χ2n) is 5.99. The fourth-order valence-electron chi connectivity index (χ4n) is 3.51. The van der Waals surface area contributed by atoms with Gasteiger partial charge >= 0.3 is 0 Å². The molecule has 0 amide bonds. The van der Waals surface area contributed by atoms with Crippen LogP contribution >= 0.6 is 34.2 Å². The zero-order chi connectivity index (χ0) is 14.0. The molecule has 3 N–H and O–H groups in total. The summed E-state index contributed by atoms with van der Waals surface area (Å²) < 4.78 is 1.23. The Morgan fingerprint density at radius 3 is 2.47 bits per heavy atom. The highest BCUT2D eigenvalue weighted by molar-refractivity contribution is 14.1. The van der Waals surface area contributed by atoms with Gasteiger partial charge in [0.15, 0.2) is 0 Å². The predicted octanol–water partition coefficient (Wildman–Crippen LogP) is 4.52. The lowest BCUT2D eigenvalue weighted by Crippen LogP contribution is -2.37. The zero-order valence-electron chi connectivity index (χ0n) is 11.5. The smallest absolute Gasteiger partial charge is 0.0499 e. The summed E-state index contributed by atoms with van der Waals surface area (Å²) in [6.45, 7) is 4.69. The average Bonchev–Trinajstić information content (AvgIpc) is 2.33. The fourth-order valence-corrected chi connectivity index (χ4v) is 4.37. The van der Waals surface area contributed by atoms with Gasteiger partial charge in [-0.05, 0) is 83.4 Å².